The van der Waals surface area contributed by atoms with Gasteiger partial charge in [0, 0.05) is 16.4 Å². The van der Waals surface area contributed by atoms with Crippen LogP contribution in [-0.2, 0) is 4.79 Å². The normalized spacial score (nSPS) is 16.2. The first-order valence-corrected chi connectivity index (χ1v) is 10.3. The SMILES string of the molecule is Cc1cc(OCC(=O)NCC(c2cccs2)N2CCCCC2)ccc1Cl. The minimum absolute atomic E-state index is 0.0121. The summed E-state index contributed by atoms with van der Waals surface area (Å²) in [6, 6.07) is 9.89. The Morgan fingerprint density at radius 1 is 1.31 bits per heavy atom. The van der Waals surface area contributed by atoms with E-state index in [0.29, 0.717) is 17.3 Å². The van der Waals surface area contributed by atoms with Crippen molar-refractivity contribution in [1.29, 1.82) is 0 Å². The highest BCUT2D eigenvalue weighted by Gasteiger charge is 2.23. The van der Waals surface area contributed by atoms with Crippen LogP contribution >= 0.6 is 22.9 Å². The van der Waals surface area contributed by atoms with Crippen molar-refractivity contribution in [3.05, 3.63) is 51.2 Å². The van der Waals surface area contributed by atoms with Crippen LogP contribution in [0.4, 0.5) is 0 Å². The number of ether oxygens (including phenoxy) is 1. The van der Waals surface area contributed by atoms with Gasteiger partial charge in [-0.15, -0.1) is 11.3 Å². The van der Waals surface area contributed by atoms with Crippen molar-refractivity contribution in [2.45, 2.75) is 32.2 Å². The predicted octanol–water partition coefficient (Wildman–Crippen LogP) is 4.43. The lowest BCUT2D eigenvalue weighted by molar-refractivity contribution is -0.123. The summed E-state index contributed by atoms with van der Waals surface area (Å²) < 4.78 is 5.59. The third-order valence-corrected chi connectivity index (χ3v) is 6.09. The van der Waals surface area contributed by atoms with Crippen molar-refractivity contribution in [2.75, 3.05) is 26.2 Å². The van der Waals surface area contributed by atoms with Gasteiger partial charge in [-0.3, -0.25) is 9.69 Å². The molecular weight excluding hydrogens is 368 g/mol. The Kier molecular flexibility index (Phi) is 6.94. The number of nitrogens with zero attached hydrogens (tertiary/aromatic N) is 1. The number of nitrogens with one attached hydrogen (secondary N) is 1. The van der Waals surface area contributed by atoms with E-state index >= 15 is 0 Å². The van der Waals surface area contributed by atoms with Crippen molar-refractivity contribution in [3.63, 3.8) is 0 Å². The number of rotatable bonds is 7. The lowest BCUT2D eigenvalue weighted by atomic mass is 10.1. The van der Waals surface area contributed by atoms with E-state index in [9.17, 15) is 4.79 Å². The zero-order chi connectivity index (χ0) is 18.4. The van der Waals surface area contributed by atoms with Gasteiger partial charge in [0.05, 0.1) is 6.04 Å². The van der Waals surface area contributed by atoms with E-state index in [0.717, 1.165) is 18.7 Å². The largest absolute Gasteiger partial charge is 0.484 e. The van der Waals surface area contributed by atoms with Crippen molar-refractivity contribution < 1.29 is 9.53 Å². The first-order chi connectivity index (χ1) is 12.6. The Labute approximate surface area is 164 Å². The maximum atomic E-state index is 12.2. The zero-order valence-electron chi connectivity index (χ0n) is 15.0. The first-order valence-electron chi connectivity index (χ1n) is 9.06. The van der Waals surface area contributed by atoms with Crippen LogP contribution in [-0.4, -0.2) is 37.0 Å². The first kappa shape index (κ1) is 19.2. The average Bonchev–Trinajstić information content (AvgIpc) is 3.18. The number of amides is 1. The summed E-state index contributed by atoms with van der Waals surface area (Å²) in [5.74, 6) is 0.559. The second-order valence-corrected chi connectivity index (χ2v) is 8.02. The number of benzene rings is 1. The van der Waals surface area contributed by atoms with Crippen LogP contribution in [0.3, 0.4) is 0 Å². The number of piperidine rings is 1. The second-order valence-electron chi connectivity index (χ2n) is 6.63. The lowest BCUT2D eigenvalue weighted by Crippen LogP contribution is -2.41. The fourth-order valence-electron chi connectivity index (χ4n) is 3.24. The maximum absolute atomic E-state index is 12.2. The summed E-state index contributed by atoms with van der Waals surface area (Å²) >= 11 is 7.76. The fourth-order valence-corrected chi connectivity index (χ4v) is 4.22. The smallest absolute Gasteiger partial charge is 0.258 e. The molecule has 1 unspecified atom stereocenters. The highest BCUT2D eigenvalue weighted by molar-refractivity contribution is 7.10. The number of carbonyl (C=O) groups is 1. The Bertz CT molecular complexity index is 715. The molecule has 3 rings (SSSR count). The highest BCUT2D eigenvalue weighted by Crippen LogP contribution is 2.27. The molecule has 0 saturated carbocycles. The average molecular weight is 393 g/mol. The third kappa shape index (κ3) is 5.22. The molecule has 0 radical (unpaired) electrons. The van der Waals surface area contributed by atoms with E-state index in [2.05, 4.69) is 27.7 Å². The van der Waals surface area contributed by atoms with Crippen LogP contribution in [0.5, 0.6) is 5.75 Å². The highest BCUT2D eigenvalue weighted by atomic mass is 35.5. The van der Waals surface area contributed by atoms with Gasteiger partial charge < -0.3 is 10.1 Å². The standard InChI is InChI=1S/C20H25ClN2O2S/c1-15-12-16(7-8-17(15)21)25-14-20(24)22-13-18(19-6-5-11-26-19)23-9-3-2-4-10-23/h5-8,11-12,18H,2-4,9-10,13-14H2,1H3,(H,22,24). The van der Waals surface area contributed by atoms with Crippen LogP contribution in [0.25, 0.3) is 0 Å². The monoisotopic (exact) mass is 392 g/mol. The van der Waals surface area contributed by atoms with E-state index in [-0.39, 0.29) is 18.6 Å². The molecule has 1 N–H and O–H groups in total. The Hall–Kier alpha value is -1.56. The van der Waals surface area contributed by atoms with E-state index in [1.54, 1.807) is 23.5 Å². The number of hydrogen-bond donors (Lipinski definition) is 1. The van der Waals surface area contributed by atoms with Gasteiger partial charge in [0.1, 0.15) is 5.75 Å². The Balaban J connectivity index is 1.52. The molecular formula is C20H25ClN2O2S. The van der Waals surface area contributed by atoms with Crippen LogP contribution in [0, 0.1) is 6.92 Å². The molecule has 0 bridgehead atoms. The molecule has 4 nitrogen and oxygen atoms in total. The second kappa shape index (κ2) is 9.40. The minimum Gasteiger partial charge on any atom is -0.484 e. The quantitative estimate of drug-likeness (QED) is 0.757. The molecule has 6 heteroatoms. The number of thiophene rings is 1. The van der Waals surface area contributed by atoms with Gasteiger partial charge in [-0.2, -0.15) is 0 Å². The Morgan fingerprint density at radius 3 is 2.81 bits per heavy atom. The van der Waals surface area contributed by atoms with Gasteiger partial charge in [0.2, 0.25) is 0 Å². The van der Waals surface area contributed by atoms with Gasteiger partial charge >= 0.3 is 0 Å². The van der Waals surface area contributed by atoms with Crippen LogP contribution in [0.1, 0.15) is 35.7 Å². The van der Waals surface area contributed by atoms with Crippen molar-refractivity contribution >= 4 is 28.8 Å². The number of hydrogen-bond acceptors (Lipinski definition) is 4. The number of likely N-dealkylation sites (tertiary alicyclic amines) is 1. The van der Waals surface area contributed by atoms with Crippen molar-refractivity contribution in [3.8, 4) is 5.75 Å². The number of carbonyl (C=O) groups excluding carboxylic acids is 1. The van der Waals surface area contributed by atoms with Crippen molar-refractivity contribution in [2.24, 2.45) is 0 Å². The molecule has 2 heterocycles. The number of halogens is 1. The molecule has 26 heavy (non-hydrogen) atoms. The van der Waals surface area contributed by atoms with E-state index < -0.39 is 0 Å². The molecule has 140 valence electrons. The van der Waals surface area contributed by atoms with Gasteiger partial charge in [-0.1, -0.05) is 24.1 Å². The summed E-state index contributed by atoms with van der Waals surface area (Å²) in [4.78, 5) is 16.0. The van der Waals surface area contributed by atoms with Crippen LogP contribution < -0.4 is 10.1 Å². The van der Waals surface area contributed by atoms with Gasteiger partial charge in [-0.25, -0.2) is 0 Å². The summed E-state index contributed by atoms with van der Waals surface area (Å²) in [5, 5.41) is 5.83. The fraction of sp³-hybridized carbons (Fsp3) is 0.450. The van der Waals surface area contributed by atoms with E-state index in [1.807, 2.05) is 13.0 Å². The number of aryl methyl sites for hydroxylation is 1. The third-order valence-electron chi connectivity index (χ3n) is 4.69. The van der Waals surface area contributed by atoms with Crippen LogP contribution in [0.15, 0.2) is 35.7 Å². The maximum Gasteiger partial charge on any atom is 0.258 e. The zero-order valence-corrected chi connectivity index (χ0v) is 16.6. The Morgan fingerprint density at radius 2 is 2.12 bits per heavy atom. The van der Waals surface area contributed by atoms with Crippen LogP contribution in [0.2, 0.25) is 5.02 Å². The summed E-state index contributed by atoms with van der Waals surface area (Å²) in [6.45, 7) is 4.73. The summed E-state index contributed by atoms with van der Waals surface area (Å²) in [6.07, 6.45) is 3.76. The predicted molar refractivity (Wildman–Crippen MR) is 107 cm³/mol. The molecule has 0 aliphatic carbocycles. The van der Waals surface area contributed by atoms with Gasteiger partial charge in [0.25, 0.3) is 5.91 Å². The van der Waals surface area contributed by atoms with Crippen molar-refractivity contribution in [1.82, 2.24) is 10.2 Å². The van der Waals surface area contributed by atoms with Gasteiger partial charge in [0.15, 0.2) is 6.61 Å². The molecule has 1 aliphatic heterocycles. The lowest BCUT2D eigenvalue weighted by Gasteiger charge is -2.34. The molecule has 0 spiro atoms. The van der Waals surface area contributed by atoms with E-state index in [1.165, 1.54) is 24.1 Å². The molecule has 1 aromatic carbocycles. The molecule has 1 aromatic heterocycles. The topological polar surface area (TPSA) is 41.6 Å². The summed E-state index contributed by atoms with van der Waals surface area (Å²) in [7, 11) is 0. The van der Waals surface area contributed by atoms with Gasteiger partial charge in [-0.05, 0) is 68.1 Å². The molecule has 1 aliphatic rings. The summed E-state index contributed by atoms with van der Waals surface area (Å²) in [5.41, 5.74) is 0.937. The molecule has 2 aromatic rings. The molecule has 1 amide bonds. The molecule has 1 atom stereocenters. The minimum atomic E-state index is -0.101. The molecule has 1 fully saturated rings. The molecule has 1 saturated heterocycles. The van der Waals surface area contributed by atoms with E-state index in [4.69, 9.17) is 16.3 Å².